The Hall–Kier alpha value is -3.21. The van der Waals surface area contributed by atoms with Crippen LogP contribution in [0.25, 0.3) is 0 Å². The zero-order chi connectivity index (χ0) is 21.2. The Morgan fingerprint density at radius 3 is 2.17 bits per heavy atom. The molecule has 0 fully saturated rings. The molecule has 0 amide bonds. The number of nitrogens with zero attached hydrogens (tertiary/aromatic N) is 3. The number of hydrogen-bond acceptors (Lipinski definition) is 5. The van der Waals surface area contributed by atoms with Gasteiger partial charge in [0.1, 0.15) is 11.6 Å². The van der Waals surface area contributed by atoms with E-state index in [9.17, 15) is 26.0 Å². The van der Waals surface area contributed by atoms with E-state index in [1.54, 1.807) is 0 Å². The van der Waals surface area contributed by atoms with Crippen molar-refractivity contribution < 1.29 is 30.7 Å². The van der Waals surface area contributed by atoms with Crippen molar-refractivity contribution in [1.29, 1.82) is 0 Å². The monoisotopic (exact) mass is 427 g/mol. The highest BCUT2D eigenvalue weighted by molar-refractivity contribution is 7.92. The van der Waals surface area contributed by atoms with Crippen LogP contribution in [0.3, 0.4) is 0 Å². The molecule has 0 N–H and O–H groups in total. The van der Waals surface area contributed by atoms with Crippen molar-refractivity contribution in [3.05, 3.63) is 72.3 Å². The summed E-state index contributed by atoms with van der Waals surface area (Å²) < 4.78 is 82.5. The Morgan fingerprint density at radius 1 is 0.966 bits per heavy atom. The van der Waals surface area contributed by atoms with Crippen LogP contribution in [0.15, 0.2) is 65.7 Å². The van der Waals surface area contributed by atoms with Gasteiger partial charge in [0.2, 0.25) is 0 Å². The Morgan fingerprint density at radius 2 is 1.59 bits per heavy atom. The number of hydrogen-bond donors (Lipinski definition) is 0. The fraction of sp³-hybridized carbons (Fsp3) is 0.111. The topological polar surface area (TPSA) is 72.4 Å². The average Bonchev–Trinajstić information content (AvgIpc) is 2.68. The summed E-state index contributed by atoms with van der Waals surface area (Å²) in [6.45, 7) is 0. The summed E-state index contributed by atoms with van der Waals surface area (Å²) in [5.41, 5.74) is -0.893. The van der Waals surface area contributed by atoms with Gasteiger partial charge in [-0.15, -0.1) is 0 Å². The van der Waals surface area contributed by atoms with Gasteiger partial charge in [-0.3, -0.25) is 4.31 Å². The van der Waals surface area contributed by atoms with Crippen molar-refractivity contribution in [2.45, 2.75) is 11.1 Å². The zero-order valence-electron chi connectivity index (χ0n) is 14.8. The minimum absolute atomic E-state index is 0.0981. The van der Waals surface area contributed by atoms with Crippen molar-refractivity contribution in [1.82, 2.24) is 9.97 Å². The second kappa shape index (κ2) is 7.66. The molecule has 0 saturated heterocycles. The predicted octanol–water partition coefficient (Wildman–Crippen LogP) is 4.25. The molecule has 0 aliphatic carbocycles. The summed E-state index contributed by atoms with van der Waals surface area (Å²) in [5, 5.41) is 0. The van der Waals surface area contributed by atoms with Crippen molar-refractivity contribution in [3.8, 4) is 11.8 Å². The van der Waals surface area contributed by atoms with Crippen LogP contribution in [0.2, 0.25) is 0 Å². The molecule has 3 aromatic rings. The molecule has 0 bridgehead atoms. The highest BCUT2D eigenvalue weighted by Gasteiger charge is 2.33. The lowest BCUT2D eigenvalue weighted by molar-refractivity contribution is -0.141. The van der Waals surface area contributed by atoms with Gasteiger partial charge in [-0.25, -0.2) is 17.8 Å². The van der Waals surface area contributed by atoms with Crippen molar-refractivity contribution in [3.63, 3.8) is 0 Å². The van der Waals surface area contributed by atoms with Crippen molar-refractivity contribution >= 4 is 15.7 Å². The third-order valence-electron chi connectivity index (χ3n) is 3.81. The molecule has 0 aliphatic rings. The molecule has 1 aromatic heterocycles. The van der Waals surface area contributed by atoms with Crippen molar-refractivity contribution in [2.75, 3.05) is 11.4 Å². The second-order valence-corrected chi connectivity index (χ2v) is 7.71. The maximum absolute atomic E-state index is 13.0. The van der Waals surface area contributed by atoms with Crippen LogP contribution in [0, 0.1) is 5.82 Å². The molecule has 3 rings (SSSR count). The normalized spacial score (nSPS) is 11.9. The lowest BCUT2D eigenvalue weighted by Gasteiger charge is -2.19. The third kappa shape index (κ3) is 4.62. The average molecular weight is 427 g/mol. The summed E-state index contributed by atoms with van der Waals surface area (Å²) in [7, 11) is -2.62. The van der Waals surface area contributed by atoms with E-state index in [0.717, 1.165) is 34.8 Å². The molecule has 0 atom stereocenters. The number of aromatic nitrogens is 2. The van der Waals surface area contributed by atoms with Crippen LogP contribution in [-0.2, 0) is 16.2 Å². The first-order valence-electron chi connectivity index (χ1n) is 8.00. The number of ether oxygens (including phenoxy) is 1. The van der Waals surface area contributed by atoms with Crippen LogP contribution in [0.1, 0.15) is 5.69 Å². The molecular formula is C18H13F4N3O3S. The zero-order valence-corrected chi connectivity index (χ0v) is 15.6. The van der Waals surface area contributed by atoms with Gasteiger partial charge in [-0.05, 0) is 54.6 Å². The molecule has 29 heavy (non-hydrogen) atoms. The minimum atomic E-state index is -4.64. The molecule has 1 heterocycles. The Balaban J connectivity index is 1.79. The van der Waals surface area contributed by atoms with Crippen LogP contribution in [0.5, 0.6) is 11.8 Å². The maximum atomic E-state index is 13.0. The van der Waals surface area contributed by atoms with Crippen LogP contribution >= 0.6 is 0 Å². The number of alkyl halides is 3. The standard InChI is InChI=1S/C18H13F4N3O3S/c1-25(29(26,27)15-8-2-12(19)3-9-15)13-4-6-14(7-5-13)28-17-23-11-10-16(24-17)18(20,21)22/h2-11H,1H3. The first kappa shape index (κ1) is 20.5. The van der Waals surface area contributed by atoms with Crippen LogP contribution in [-0.4, -0.2) is 25.4 Å². The van der Waals surface area contributed by atoms with Gasteiger partial charge in [0.15, 0.2) is 5.69 Å². The summed E-state index contributed by atoms with van der Waals surface area (Å²) in [6.07, 6.45) is -3.72. The Kier molecular flexibility index (Phi) is 5.42. The molecule has 0 unspecified atom stereocenters. The quantitative estimate of drug-likeness (QED) is 0.570. The first-order chi connectivity index (χ1) is 13.6. The van der Waals surface area contributed by atoms with E-state index in [2.05, 4.69) is 9.97 Å². The molecule has 0 aliphatic heterocycles. The summed E-state index contributed by atoms with van der Waals surface area (Å²) in [4.78, 5) is 6.81. The van der Waals surface area contributed by atoms with Gasteiger partial charge in [-0.2, -0.15) is 18.2 Å². The molecule has 0 saturated carbocycles. The van der Waals surface area contributed by atoms with Gasteiger partial charge in [0.25, 0.3) is 10.0 Å². The number of benzene rings is 2. The van der Waals surface area contributed by atoms with E-state index in [4.69, 9.17) is 4.74 Å². The van der Waals surface area contributed by atoms with E-state index in [1.807, 2.05) is 0 Å². The van der Waals surface area contributed by atoms with Crippen LogP contribution in [0.4, 0.5) is 23.2 Å². The molecule has 0 radical (unpaired) electrons. The van der Waals surface area contributed by atoms with Gasteiger partial charge in [0, 0.05) is 13.2 Å². The van der Waals surface area contributed by atoms with E-state index < -0.39 is 33.7 Å². The molecule has 152 valence electrons. The fourth-order valence-corrected chi connectivity index (χ4v) is 3.48. The highest BCUT2D eigenvalue weighted by atomic mass is 32.2. The molecular weight excluding hydrogens is 414 g/mol. The van der Waals surface area contributed by atoms with E-state index >= 15 is 0 Å². The molecule has 0 spiro atoms. The maximum Gasteiger partial charge on any atom is 0.433 e. The number of rotatable bonds is 5. The third-order valence-corrected chi connectivity index (χ3v) is 5.61. The Bertz CT molecular complexity index is 1100. The highest BCUT2D eigenvalue weighted by Crippen LogP contribution is 2.30. The van der Waals surface area contributed by atoms with E-state index in [-0.39, 0.29) is 16.3 Å². The molecule has 11 heteroatoms. The summed E-state index contributed by atoms with van der Waals surface area (Å²) >= 11 is 0. The van der Waals surface area contributed by atoms with Gasteiger partial charge >= 0.3 is 12.2 Å². The minimum Gasteiger partial charge on any atom is -0.424 e. The van der Waals surface area contributed by atoms with Crippen molar-refractivity contribution in [2.24, 2.45) is 0 Å². The first-order valence-corrected chi connectivity index (χ1v) is 9.44. The lowest BCUT2D eigenvalue weighted by atomic mass is 10.3. The summed E-state index contributed by atoms with van der Waals surface area (Å²) in [6, 6.07) is 10.1. The Labute approximate surface area is 163 Å². The largest absolute Gasteiger partial charge is 0.433 e. The van der Waals surface area contributed by atoms with Crippen LogP contribution < -0.4 is 9.04 Å². The van der Waals surface area contributed by atoms with Gasteiger partial charge in [0.05, 0.1) is 10.6 Å². The van der Waals surface area contributed by atoms with E-state index in [1.165, 1.54) is 31.3 Å². The SMILES string of the molecule is CN(c1ccc(Oc2nccc(C(F)(F)F)n2)cc1)S(=O)(=O)c1ccc(F)cc1. The predicted molar refractivity (Wildman–Crippen MR) is 95.5 cm³/mol. The number of sulfonamides is 1. The molecule has 2 aromatic carbocycles. The molecule has 6 nitrogen and oxygen atoms in total. The summed E-state index contributed by atoms with van der Waals surface area (Å²) in [5.74, 6) is -0.453. The lowest BCUT2D eigenvalue weighted by Crippen LogP contribution is -2.26. The van der Waals surface area contributed by atoms with Gasteiger partial charge < -0.3 is 4.74 Å². The van der Waals surface area contributed by atoms with E-state index in [0.29, 0.717) is 6.07 Å². The number of halogens is 4. The smallest absolute Gasteiger partial charge is 0.424 e. The van der Waals surface area contributed by atoms with Gasteiger partial charge in [-0.1, -0.05) is 0 Å². The second-order valence-electron chi connectivity index (χ2n) is 5.74. The number of anilines is 1. The fourth-order valence-electron chi connectivity index (χ4n) is 2.28.